The highest BCUT2D eigenvalue weighted by molar-refractivity contribution is 5.91. The van der Waals surface area contributed by atoms with Crippen LogP contribution >= 0.6 is 0 Å². The largest absolute Gasteiger partial charge is 0.493 e. The number of rotatable bonds is 5. The van der Waals surface area contributed by atoms with Gasteiger partial charge in [0.2, 0.25) is 11.8 Å². The lowest BCUT2D eigenvalue weighted by Gasteiger charge is -2.18. The molecule has 7 nitrogen and oxygen atoms in total. The van der Waals surface area contributed by atoms with Crippen LogP contribution in [0.15, 0.2) is 18.2 Å². The van der Waals surface area contributed by atoms with E-state index in [1.807, 2.05) is 6.92 Å². The fraction of sp³-hybridized carbons (Fsp3) is 0.471. The number of carboxylic acids is 1. The highest BCUT2D eigenvalue weighted by atomic mass is 16.5. The molecule has 0 aromatic heterocycles. The van der Waals surface area contributed by atoms with Crippen LogP contribution in [0.2, 0.25) is 0 Å². The molecule has 128 valence electrons. The van der Waals surface area contributed by atoms with E-state index < -0.39 is 23.8 Å². The summed E-state index contributed by atoms with van der Waals surface area (Å²) in [4.78, 5) is 37.4. The zero-order chi connectivity index (χ0) is 17.3. The molecule has 7 heteroatoms. The minimum absolute atomic E-state index is 0.0702. The fourth-order valence-electron chi connectivity index (χ4n) is 3.19. The smallest absolute Gasteiger partial charge is 0.330 e. The number of benzene rings is 1. The van der Waals surface area contributed by atoms with Crippen molar-refractivity contribution >= 4 is 17.8 Å². The summed E-state index contributed by atoms with van der Waals surface area (Å²) in [6, 6.07) is 4.02. The van der Waals surface area contributed by atoms with Crippen molar-refractivity contribution in [1.82, 2.24) is 10.2 Å². The summed E-state index contributed by atoms with van der Waals surface area (Å²) in [6.07, 6.45) is 0.857. The van der Waals surface area contributed by atoms with Crippen LogP contribution in [0.3, 0.4) is 0 Å². The fourth-order valence-corrected chi connectivity index (χ4v) is 3.19. The van der Waals surface area contributed by atoms with Crippen molar-refractivity contribution in [3.05, 3.63) is 29.3 Å². The third kappa shape index (κ3) is 3.06. The zero-order valence-corrected chi connectivity index (χ0v) is 13.4. The molecule has 2 atom stereocenters. The van der Waals surface area contributed by atoms with Crippen molar-refractivity contribution in [1.29, 1.82) is 0 Å². The molecule has 0 saturated carbocycles. The van der Waals surface area contributed by atoms with Gasteiger partial charge in [-0.2, -0.15) is 0 Å². The molecule has 3 rings (SSSR count). The number of carbonyl (C=O) groups excluding carboxylic acids is 2. The van der Waals surface area contributed by atoms with Crippen LogP contribution in [0, 0.1) is 5.92 Å². The van der Waals surface area contributed by atoms with Crippen LogP contribution in [0.1, 0.15) is 30.5 Å². The molecular weight excluding hydrogens is 312 g/mol. The van der Waals surface area contributed by atoms with Gasteiger partial charge in [0.15, 0.2) is 6.04 Å². The van der Waals surface area contributed by atoms with E-state index >= 15 is 0 Å². The maximum absolute atomic E-state index is 12.4. The maximum Gasteiger partial charge on any atom is 0.330 e. The summed E-state index contributed by atoms with van der Waals surface area (Å²) in [5, 5.41) is 12.1. The predicted molar refractivity (Wildman–Crippen MR) is 84.5 cm³/mol. The van der Waals surface area contributed by atoms with Crippen molar-refractivity contribution in [2.24, 2.45) is 5.92 Å². The quantitative estimate of drug-likeness (QED) is 0.829. The Balaban J connectivity index is 1.74. The number of ether oxygens (including phenoxy) is 1. The Morgan fingerprint density at radius 2 is 2.25 bits per heavy atom. The molecular formula is C17H20N2O5. The van der Waals surface area contributed by atoms with E-state index in [-0.39, 0.29) is 12.3 Å². The number of aliphatic carboxylic acids is 1. The van der Waals surface area contributed by atoms with Crippen LogP contribution in [0.4, 0.5) is 0 Å². The number of likely N-dealkylation sites (tertiary alicyclic amines) is 1. The Bertz CT molecular complexity index is 688. The van der Waals surface area contributed by atoms with Crippen LogP contribution in [-0.4, -0.2) is 47.5 Å². The summed E-state index contributed by atoms with van der Waals surface area (Å²) in [5.74, 6) is -1.34. The average Bonchev–Trinajstić information content (AvgIpc) is 3.17. The summed E-state index contributed by atoms with van der Waals surface area (Å²) >= 11 is 0. The number of hydrogen-bond donors (Lipinski definition) is 2. The van der Waals surface area contributed by atoms with Gasteiger partial charge in [0.05, 0.1) is 12.5 Å². The molecule has 1 fully saturated rings. The molecule has 1 aromatic rings. The van der Waals surface area contributed by atoms with Crippen LogP contribution in [-0.2, 0) is 20.8 Å². The minimum Gasteiger partial charge on any atom is -0.493 e. The van der Waals surface area contributed by atoms with Gasteiger partial charge in [-0.25, -0.2) is 4.79 Å². The summed E-state index contributed by atoms with van der Waals surface area (Å²) in [6.45, 7) is 3.33. The molecule has 0 bridgehead atoms. The van der Waals surface area contributed by atoms with Gasteiger partial charge in [0.25, 0.3) is 0 Å². The topological polar surface area (TPSA) is 95.9 Å². The lowest BCUT2D eigenvalue weighted by atomic mass is 10.0. The summed E-state index contributed by atoms with van der Waals surface area (Å²) in [7, 11) is 0. The number of carboxylic acid groups (broad SMARTS) is 1. The second-order valence-corrected chi connectivity index (χ2v) is 6.08. The normalized spacial score (nSPS) is 20.5. The van der Waals surface area contributed by atoms with Crippen LogP contribution < -0.4 is 10.1 Å². The Kier molecular flexibility index (Phi) is 4.42. The van der Waals surface area contributed by atoms with Gasteiger partial charge in [0.1, 0.15) is 5.75 Å². The lowest BCUT2D eigenvalue weighted by Crippen LogP contribution is -2.38. The Hall–Kier alpha value is -2.57. The molecule has 0 aliphatic carbocycles. The highest BCUT2D eigenvalue weighted by Gasteiger charge is 2.35. The first kappa shape index (κ1) is 16.3. The predicted octanol–water partition coefficient (Wildman–Crippen LogP) is 0.732. The lowest BCUT2D eigenvalue weighted by molar-refractivity contribution is -0.142. The second kappa shape index (κ2) is 6.51. The molecule has 0 radical (unpaired) electrons. The Morgan fingerprint density at radius 3 is 2.92 bits per heavy atom. The molecule has 2 heterocycles. The Labute approximate surface area is 139 Å². The van der Waals surface area contributed by atoms with E-state index in [0.717, 1.165) is 17.7 Å². The highest BCUT2D eigenvalue weighted by Crippen LogP contribution is 2.28. The maximum atomic E-state index is 12.4. The van der Waals surface area contributed by atoms with E-state index in [2.05, 4.69) is 5.32 Å². The van der Waals surface area contributed by atoms with Crippen LogP contribution in [0.5, 0.6) is 5.75 Å². The number of nitrogens with zero attached hydrogens (tertiary/aromatic N) is 1. The first-order chi connectivity index (χ1) is 11.5. The number of carbonyl (C=O) groups is 3. The molecule has 2 unspecified atom stereocenters. The molecule has 1 saturated heterocycles. The van der Waals surface area contributed by atoms with Gasteiger partial charge in [0, 0.05) is 25.9 Å². The van der Waals surface area contributed by atoms with Gasteiger partial charge in [-0.05, 0) is 30.2 Å². The van der Waals surface area contributed by atoms with Gasteiger partial charge in [-0.1, -0.05) is 6.07 Å². The summed E-state index contributed by atoms with van der Waals surface area (Å²) < 4.78 is 5.41. The van der Waals surface area contributed by atoms with E-state index in [9.17, 15) is 19.5 Å². The van der Waals surface area contributed by atoms with Gasteiger partial charge in [-0.3, -0.25) is 9.59 Å². The van der Waals surface area contributed by atoms with Crippen molar-refractivity contribution in [2.45, 2.75) is 25.8 Å². The first-order valence-electron chi connectivity index (χ1n) is 8.06. The minimum atomic E-state index is -1.13. The molecule has 2 N–H and O–H groups in total. The third-order valence-electron chi connectivity index (χ3n) is 4.55. The van der Waals surface area contributed by atoms with E-state index in [1.165, 1.54) is 0 Å². The first-order valence-corrected chi connectivity index (χ1v) is 8.06. The van der Waals surface area contributed by atoms with Crippen molar-refractivity contribution in [3.63, 3.8) is 0 Å². The van der Waals surface area contributed by atoms with Gasteiger partial charge < -0.3 is 20.1 Å². The van der Waals surface area contributed by atoms with Crippen LogP contribution in [0.25, 0.3) is 0 Å². The summed E-state index contributed by atoms with van der Waals surface area (Å²) in [5.41, 5.74) is 1.46. The Morgan fingerprint density at radius 1 is 1.46 bits per heavy atom. The standard InChI is InChI=1S/C17H20N2O5/c1-2-19-9-12(8-14(19)20)16(21)18-15(17(22)23)11-3-4-13-10(7-11)5-6-24-13/h3-4,7,12,15H,2,5-6,8-9H2,1H3,(H,18,21)(H,22,23). The number of fused-ring (bicyclic) bond motifs is 1. The molecule has 24 heavy (non-hydrogen) atoms. The van der Waals surface area contributed by atoms with Crippen molar-refractivity contribution in [2.75, 3.05) is 19.7 Å². The zero-order valence-electron chi connectivity index (χ0n) is 13.4. The number of nitrogens with one attached hydrogen (secondary N) is 1. The average molecular weight is 332 g/mol. The molecule has 1 aromatic carbocycles. The number of hydrogen-bond acceptors (Lipinski definition) is 4. The molecule has 2 amide bonds. The molecule has 2 aliphatic rings. The van der Waals surface area contributed by atoms with Gasteiger partial charge in [-0.15, -0.1) is 0 Å². The molecule has 2 aliphatic heterocycles. The van der Waals surface area contributed by atoms with Gasteiger partial charge >= 0.3 is 5.97 Å². The molecule has 0 spiro atoms. The second-order valence-electron chi connectivity index (χ2n) is 6.08. The third-order valence-corrected chi connectivity index (χ3v) is 4.55. The SMILES string of the molecule is CCN1CC(C(=O)NC(C(=O)O)c2ccc3c(c2)CCO3)CC1=O. The monoisotopic (exact) mass is 332 g/mol. The van der Waals surface area contributed by atoms with Crippen molar-refractivity contribution < 1.29 is 24.2 Å². The van der Waals surface area contributed by atoms with E-state index in [4.69, 9.17) is 4.74 Å². The van der Waals surface area contributed by atoms with E-state index in [1.54, 1.807) is 23.1 Å². The number of amides is 2. The van der Waals surface area contributed by atoms with Crippen molar-refractivity contribution in [3.8, 4) is 5.75 Å². The van der Waals surface area contributed by atoms with E-state index in [0.29, 0.717) is 25.3 Å².